The van der Waals surface area contributed by atoms with Crippen LogP contribution in [0.3, 0.4) is 0 Å². The number of ether oxygens (including phenoxy) is 1. The van der Waals surface area contributed by atoms with E-state index >= 15 is 0 Å². The molecular weight excluding hydrogens is 441 g/mol. The second-order valence-electron chi connectivity index (χ2n) is 7.75. The smallest absolute Gasteiger partial charge is 0.417 e. The molecule has 0 fully saturated rings. The zero-order valence-corrected chi connectivity index (χ0v) is 18.1. The Kier molecular flexibility index (Phi) is 6.24. The Bertz CT molecular complexity index is 1420. The minimum Gasteiger partial charge on any atom is -0.457 e. The lowest BCUT2D eigenvalue weighted by molar-refractivity contribution is -0.137. The van der Waals surface area contributed by atoms with Gasteiger partial charge in [0.25, 0.3) is 5.56 Å². The lowest BCUT2D eigenvalue weighted by atomic mass is 10.0. The quantitative estimate of drug-likeness (QED) is 0.339. The largest absolute Gasteiger partial charge is 0.457 e. The van der Waals surface area contributed by atoms with Crippen LogP contribution >= 0.6 is 0 Å². The lowest BCUT2D eigenvalue weighted by Gasteiger charge is -2.18. The second kappa shape index (κ2) is 9.28. The lowest BCUT2D eigenvalue weighted by Crippen LogP contribution is -2.28. The fraction of sp³-hybridized carbons (Fsp3) is 0.111. The topological polar surface area (TPSA) is 55.0 Å². The van der Waals surface area contributed by atoms with Crippen molar-refractivity contribution in [2.24, 2.45) is 0 Å². The molecule has 0 amide bonds. The van der Waals surface area contributed by atoms with Crippen molar-refractivity contribution in [3.8, 4) is 28.8 Å². The Balaban J connectivity index is 1.77. The van der Waals surface area contributed by atoms with Gasteiger partial charge in [0.1, 0.15) is 23.1 Å². The molecule has 0 spiro atoms. The maximum Gasteiger partial charge on any atom is 0.417 e. The molecule has 0 bridgehead atoms. The first-order valence-electron chi connectivity index (χ1n) is 10.4. The van der Waals surface area contributed by atoms with Gasteiger partial charge >= 0.3 is 6.18 Å². The van der Waals surface area contributed by atoms with Crippen LogP contribution in [0, 0.1) is 18.3 Å². The molecule has 1 heterocycles. The molecular formula is C27H19F3N2O2. The fourth-order valence-corrected chi connectivity index (χ4v) is 3.65. The zero-order chi connectivity index (χ0) is 24.3. The van der Waals surface area contributed by atoms with E-state index in [2.05, 4.69) is 0 Å². The predicted molar refractivity (Wildman–Crippen MR) is 123 cm³/mol. The highest BCUT2D eigenvalue weighted by Crippen LogP contribution is 2.34. The van der Waals surface area contributed by atoms with Crippen LogP contribution in [0.25, 0.3) is 11.3 Å². The van der Waals surface area contributed by atoms with Crippen LogP contribution in [-0.2, 0) is 12.7 Å². The van der Waals surface area contributed by atoms with Crippen molar-refractivity contribution in [2.45, 2.75) is 19.6 Å². The van der Waals surface area contributed by atoms with Crippen molar-refractivity contribution in [3.05, 3.63) is 118 Å². The summed E-state index contributed by atoms with van der Waals surface area (Å²) >= 11 is 0. The number of pyridine rings is 1. The molecule has 0 aliphatic rings. The summed E-state index contributed by atoms with van der Waals surface area (Å²) in [6, 6.07) is 25.3. The van der Waals surface area contributed by atoms with Gasteiger partial charge < -0.3 is 9.30 Å². The number of rotatable bonds is 5. The van der Waals surface area contributed by atoms with E-state index in [-0.39, 0.29) is 12.2 Å². The molecule has 0 atom stereocenters. The average Bonchev–Trinajstić information content (AvgIpc) is 2.81. The molecule has 7 heteroatoms. The van der Waals surface area contributed by atoms with Crippen molar-refractivity contribution >= 4 is 0 Å². The van der Waals surface area contributed by atoms with Gasteiger partial charge in [-0.1, -0.05) is 54.1 Å². The summed E-state index contributed by atoms with van der Waals surface area (Å²) in [4.78, 5) is 13.1. The van der Waals surface area contributed by atoms with E-state index in [0.717, 1.165) is 11.6 Å². The number of para-hydroxylation sites is 1. The monoisotopic (exact) mass is 460 g/mol. The first-order chi connectivity index (χ1) is 16.3. The molecule has 170 valence electrons. The summed E-state index contributed by atoms with van der Waals surface area (Å²) in [6.45, 7) is 1.80. The number of halogens is 3. The van der Waals surface area contributed by atoms with Crippen molar-refractivity contribution in [1.29, 1.82) is 5.26 Å². The van der Waals surface area contributed by atoms with E-state index < -0.39 is 22.9 Å². The number of aromatic nitrogens is 1. The molecule has 4 aromatic rings. The van der Waals surface area contributed by atoms with Crippen LogP contribution < -0.4 is 10.3 Å². The van der Waals surface area contributed by atoms with Crippen LogP contribution in [0.5, 0.6) is 11.5 Å². The molecule has 34 heavy (non-hydrogen) atoms. The Morgan fingerprint density at radius 3 is 2.21 bits per heavy atom. The summed E-state index contributed by atoms with van der Waals surface area (Å²) in [6.07, 6.45) is -4.84. The highest BCUT2D eigenvalue weighted by atomic mass is 19.4. The number of hydrogen-bond acceptors (Lipinski definition) is 3. The number of nitrogens with zero attached hydrogens (tertiary/aromatic N) is 2. The van der Waals surface area contributed by atoms with E-state index in [1.807, 2.05) is 43.3 Å². The molecule has 0 saturated heterocycles. The molecule has 0 saturated carbocycles. The second-order valence-corrected chi connectivity index (χ2v) is 7.75. The summed E-state index contributed by atoms with van der Waals surface area (Å²) < 4.78 is 47.9. The van der Waals surface area contributed by atoms with E-state index in [1.165, 1.54) is 10.6 Å². The first-order valence-corrected chi connectivity index (χ1v) is 10.4. The minimum atomic E-state index is -4.84. The highest BCUT2D eigenvalue weighted by molar-refractivity contribution is 5.63. The third kappa shape index (κ3) is 4.86. The van der Waals surface area contributed by atoms with Gasteiger partial charge in [-0.25, -0.2) is 0 Å². The SMILES string of the molecule is Cc1cccc(-c2cc(C(F)(F)F)c(C#N)c(=O)n2Cc2ccc(Oc3ccccc3)cc2)c1. The van der Waals surface area contributed by atoms with Crippen molar-refractivity contribution in [3.63, 3.8) is 0 Å². The molecule has 1 aromatic heterocycles. The van der Waals surface area contributed by atoms with Gasteiger partial charge in [-0.2, -0.15) is 18.4 Å². The van der Waals surface area contributed by atoms with Crippen LogP contribution in [0.2, 0.25) is 0 Å². The number of alkyl halides is 3. The molecule has 0 aliphatic heterocycles. The standard InChI is InChI=1S/C27H19F3N2O2/c1-18-6-5-7-20(14-18)25-15-24(27(28,29)30)23(16-31)26(33)32(25)17-19-10-12-22(13-11-19)34-21-8-3-2-4-9-21/h2-15H,17H2,1H3. The minimum absolute atomic E-state index is 0.0134. The summed E-state index contributed by atoms with van der Waals surface area (Å²) in [7, 11) is 0. The van der Waals surface area contributed by atoms with E-state index in [1.54, 1.807) is 42.5 Å². The van der Waals surface area contributed by atoms with Crippen LogP contribution in [0.4, 0.5) is 13.2 Å². The van der Waals surface area contributed by atoms with E-state index in [0.29, 0.717) is 22.6 Å². The van der Waals surface area contributed by atoms with Gasteiger partial charge in [-0.3, -0.25) is 4.79 Å². The maximum absolute atomic E-state index is 13.7. The molecule has 0 radical (unpaired) electrons. The maximum atomic E-state index is 13.7. The van der Waals surface area contributed by atoms with Gasteiger partial charge in [0.2, 0.25) is 0 Å². The summed E-state index contributed by atoms with van der Waals surface area (Å²) in [5.74, 6) is 1.24. The summed E-state index contributed by atoms with van der Waals surface area (Å²) in [5, 5.41) is 9.36. The Hall–Kier alpha value is -4.31. The Labute approximate surface area is 194 Å². The number of nitriles is 1. The molecule has 3 aromatic carbocycles. The molecule has 4 rings (SSSR count). The molecule has 4 nitrogen and oxygen atoms in total. The predicted octanol–water partition coefficient (Wildman–Crippen LogP) is 6.55. The Morgan fingerprint density at radius 2 is 1.59 bits per heavy atom. The fourth-order valence-electron chi connectivity index (χ4n) is 3.65. The van der Waals surface area contributed by atoms with E-state index in [4.69, 9.17) is 4.74 Å². The number of hydrogen-bond donors (Lipinski definition) is 0. The van der Waals surface area contributed by atoms with Gasteiger partial charge in [0, 0.05) is 0 Å². The van der Waals surface area contributed by atoms with Crippen LogP contribution in [0.1, 0.15) is 22.3 Å². The number of aryl methyl sites for hydroxylation is 1. The van der Waals surface area contributed by atoms with Crippen LogP contribution in [0.15, 0.2) is 89.7 Å². The van der Waals surface area contributed by atoms with Crippen molar-refractivity contribution in [2.75, 3.05) is 0 Å². The third-order valence-corrected chi connectivity index (χ3v) is 5.27. The number of benzene rings is 3. The summed E-state index contributed by atoms with van der Waals surface area (Å²) in [5.41, 5.74) is -1.11. The first kappa shape index (κ1) is 22.9. The average molecular weight is 460 g/mol. The molecule has 0 aliphatic carbocycles. The molecule has 0 N–H and O–H groups in total. The van der Waals surface area contributed by atoms with Crippen LogP contribution in [-0.4, -0.2) is 4.57 Å². The van der Waals surface area contributed by atoms with Gasteiger partial charge in [-0.15, -0.1) is 0 Å². The van der Waals surface area contributed by atoms with Crippen molar-refractivity contribution in [1.82, 2.24) is 4.57 Å². The van der Waals surface area contributed by atoms with Gasteiger partial charge in [0.05, 0.1) is 17.8 Å². The normalized spacial score (nSPS) is 11.1. The Morgan fingerprint density at radius 1 is 0.912 bits per heavy atom. The van der Waals surface area contributed by atoms with Gasteiger partial charge in [-0.05, 0) is 54.4 Å². The van der Waals surface area contributed by atoms with Gasteiger partial charge in [0.15, 0.2) is 0 Å². The molecule has 0 unspecified atom stereocenters. The zero-order valence-electron chi connectivity index (χ0n) is 18.1. The van der Waals surface area contributed by atoms with E-state index in [9.17, 15) is 23.2 Å². The highest BCUT2D eigenvalue weighted by Gasteiger charge is 2.36. The van der Waals surface area contributed by atoms with Crippen molar-refractivity contribution < 1.29 is 17.9 Å². The third-order valence-electron chi connectivity index (χ3n) is 5.27.